The van der Waals surface area contributed by atoms with Crippen molar-refractivity contribution in [1.29, 1.82) is 0 Å². The van der Waals surface area contributed by atoms with E-state index in [0.717, 1.165) is 36.7 Å². The Labute approximate surface area is 165 Å². The summed E-state index contributed by atoms with van der Waals surface area (Å²) >= 11 is 4.40. The fourth-order valence-electron chi connectivity index (χ4n) is 4.19. The second kappa shape index (κ2) is 9.22. The lowest BCUT2D eigenvalue weighted by molar-refractivity contribution is 0.210. The van der Waals surface area contributed by atoms with Crippen LogP contribution in [0.5, 0.6) is 0 Å². The number of aliphatic imine (C=N–C) groups is 1. The van der Waals surface area contributed by atoms with Gasteiger partial charge in [-0.2, -0.15) is 4.99 Å². The summed E-state index contributed by atoms with van der Waals surface area (Å²) in [5.74, 6) is 6.66. The van der Waals surface area contributed by atoms with Gasteiger partial charge in [-0.3, -0.25) is 0 Å². The minimum absolute atomic E-state index is 0.305. The Balaban J connectivity index is 1.63. The highest BCUT2D eigenvalue weighted by molar-refractivity contribution is 7.78. The Hall–Kier alpha value is -2.08. The zero-order chi connectivity index (χ0) is 19.2. The monoisotopic (exact) mass is 383 g/mol. The number of hydrogen-bond donors (Lipinski definition) is 0. The fraction of sp³-hybridized carbons (Fsp3) is 0.435. The molecule has 0 saturated heterocycles. The Bertz CT molecular complexity index is 824. The molecule has 1 aromatic rings. The van der Waals surface area contributed by atoms with Crippen molar-refractivity contribution in [2.75, 3.05) is 0 Å². The minimum atomic E-state index is -0.774. The fourth-order valence-corrected chi connectivity index (χ4v) is 4.28. The van der Waals surface area contributed by atoms with Crippen LogP contribution < -0.4 is 0 Å². The summed E-state index contributed by atoms with van der Waals surface area (Å²) in [4.78, 5) is 3.41. The molecule has 0 radical (unpaired) electrons. The third-order valence-corrected chi connectivity index (χ3v) is 5.90. The second-order valence-electron chi connectivity index (χ2n) is 7.42. The average molecular weight is 384 g/mol. The number of thiocarbonyl (C=S) groups is 1. The molecule has 2 aliphatic rings. The number of isothiocyanates is 1. The van der Waals surface area contributed by atoms with Crippen LogP contribution in [-0.4, -0.2) is 5.16 Å². The third kappa shape index (κ3) is 5.01. The summed E-state index contributed by atoms with van der Waals surface area (Å²) in [6.45, 7) is 3.92. The van der Waals surface area contributed by atoms with E-state index in [1.54, 1.807) is 0 Å². The standard InChI is InChI=1S/C23H23F2NS/c1-2-16-5-9-19(10-6-16)20-11-7-17(8-12-20)3-4-18-13-21(24)23(26-15-27)22(25)14-18/h2,7,13-14,16,19-20H,1,5-6,8-12H2. The zero-order valence-electron chi connectivity index (χ0n) is 15.3. The van der Waals surface area contributed by atoms with Crippen molar-refractivity contribution in [3.63, 3.8) is 0 Å². The van der Waals surface area contributed by atoms with Crippen LogP contribution in [0, 0.1) is 41.2 Å². The largest absolute Gasteiger partial charge is 0.204 e. The minimum Gasteiger partial charge on any atom is -0.204 e. The Morgan fingerprint density at radius 2 is 1.74 bits per heavy atom. The predicted molar refractivity (Wildman–Crippen MR) is 109 cm³/mol. The van der Waals surface area contributed by atoms with Crippen LogP contribution in [-0.2, 0) is 0 Å². The van der Waals surface area contributed by atoms with Crippen LogP contribution in [0.15, 0.2) is 41.4 Å². The quantitative estimate of drug-likeness (QED) is 0.243. The van der Waals surface area contributed by atoms with Crippen molar-refractivity contribution >= 4 is 23.1 Å². The van der Waals surface area contributed by atoms with Gasteiger partial charge in [-0.25, -0.2) is 8.78 Å². The van der Waals surface area contributed by atoms with Crippen LogP contribution in [0.4, 0.5) is 14.5 Å². The molecule has 0 aromatic heterocycles. The summed E-state index contributed by atoms with van der Waals surface area (Å²) in [5.41, 5.74) is 0.952. The van der Waals surface area contributed by atoms with Gasteiger partial charge in [-0.1, -0.05) is 24.0 Å². The molecular weight excluding hydrogens is 360 g/mol. The molecule has 1 saturated carbocycles. The maximum Gasteiger partial charge on any atom is 0.153 e. The zero-order valence-corrected chi connectivity index (χ0v) is 16.1. The van der Waals surface area contributed by atoms with Gasteiger partial charge in [0, 0.05) is 5.56 Å². The van der Waals surface area contributed by atoms with E-state index in [9.17, 15) is 8.78 Å². The SMILES string of the molecule is C=CC1CCC(C2CC=C(C#Cc3cc(F)c(N=C=S)c(F)c3)CC2)CC1. The summed E-state index contributed by atoms with van der Waals surface area (Å²) in [7, 11) is 0. The van der Waals surface area contributed by atoms with Crippen LogP contribution >= 0.6 is 12.2 Å². The van der Waals surface area contributed by atoms with Gasteiger partial charge in [0.25, 0.3) is 0 Å². The van der Waals surface area contributed by atoms with Gasteiger partial charge in [0.15, 0.2) is 11.6 Å². The lowest BCUT2D eigenvalue weighted by atomic mass is 9.71. The van der Waals surface area contributed by atoms with E-state index in [-0.39, 0.29) is 0 Å². The van der Waals surface area contributed by atoms with Crippen molar-refractivity contribution in [1.82, 2.24) is 0 Å². The molecule has 2 aliphatic carbocycles. The molecule has 0 amide bonds. The Morgan fingerprint density at radius 1 is 1.04 bits per heavy atom. The molecule has 0 heterocycles. The lowest BCUT2D eigenvalue weighted by Gasteiger charge is -2.34. The van der Waals surface area contributed by atoms with Crippen LogP contribution in [0.1, 0.15) is 50.5 Å². The second-order valence-corrected chi connectivity index (χ2v) is 7.60. The highest BCUT2D eigenvalue weighted by atomic mass is 32.1. The van der Waals surface area contributed by atoms with E-state index < -0.39 is 17.3 Å². The van der Waals surface area contributed by atoms with E-state index in [2.05, 4.69) is 47.8 Å². The highest BCUT2D eigenvalue weighted by Gasteiger charge is 2.27. The maximum atomic E-state index is 13.9. The van der Waals surface area contributed by atoms with E-state index >= 15 is 0 Å². The Morgan fingerprint density at radius 3 is 2.30 bits per heavy atom. The van der Waals surface area contributed by atoms with E-state index in [4.69, 9.17) is 0 Å². The van der Waals surface area contributed by atoms with Gasteiger partial charge in [-0.15, -0.1) is 6.58 Å². The van der Waals surface area contributed by atoms with Crippen molar-refractivity contribution in [2.45, 2.75) is 44.9 Å². The maximum absolute atomic E-state index is 13.9. The number of benzene rings is 1. The average Bonchev–Trinajstić information content (AvgIpc) is 2.70. The van der Waals surface area contributed by atoms with Crippen molar-refractivity contribution in [3.8, 4) is 11.8 Å². The molecule has 0 spiro atoms. The molecule has 0 N–H and O–H groups in total. The van der Waals surface area contributed by atoms with Crippen LogP contribution in [0.25, 0.3) is 0 Å². The first-order valence-corrected chi connectivity index (χ1v) is 9.92. The Kier molecular flexibility index (Phi) is 6.72. The normalized spacial score (nSPS) is 24.8. The first-order valence-electron chi connectivity index (χ1n) is 9.51. The molecule has 27 heavy (non-hydrogen) atoms. The number of hydrogen-bond acceptors (Lipinski definition) is 2. The van der Waals surface area contributed by atoms with Gasteiger partial charge in [-0.05, 0) is 92.6 Å². The summed E-state index contributed by atoms with van der Waals surface area (Å²) < 4.78 is 27.7. The number of nitrogens with zero attached hydrogens (tertiary/aromatic N) is 1. The van der Waals surface area contributed by atoms with E-state index in [0.29, 0.717) is 11.5 Å². The molecule has 1 nitrogen and oxygen atoms in total. The molecule has 1 fully saturated rings. The molecule has 140 valence electrons. The highest BCUT2D eigenvalue weighted by Crippen LogP contribution is 2.39. The molecule has 3 rings (SSSR count). The van der Waals surface area contributed by atoms with Gasteiger partial charge >= 0.3 is 0 Å². The molecule has 1 atom stereocenters. The smallest absolute Gasteiger partial charge is 0.153 e. The molecular formula is C23H23F2NS. The first-order chi connectivity index (χ1) is 13.1. The predicted octanol–water partition coefficient (Wildman–Crippen LogP) is 6.77. The molecule has 0 bridgehead atoms. The number of rotatable bonds is 3. The topological polar surface area (TPSA) is 12.4 Å². The number of allylic oxidation sites excluding steroid dienone is 3. The number of halogens is 2. The van der Waals surface area contributed by atoms with Crippen molar-refractivity contribution in [3.05, 3.63) is 53.6 Å². The van der Waals surface area contributed by atoms with Gasteiger partial charge < -0.3 is 0 Å². The van der Waals surface area contributed by atoms with Crippen LogP contribution in [0.2, 0.25) is 0 Å². The molecule has 4 heteroatoms. The first kappa shape index (κ1) is 19.7. The molecule has 1 unspecified atom stereocenters. The van der Waals surface area contributed by atoms with Crippen LogP contribution in [0.3, 0.4) is 0 Å². The summed E-state index contributed by atoms with van der Waals surface area (Å²) in [5, 5.41) is 1.98. The summed E-state index contributed by atoms with van der Waals surface area (Å²) in [6, 6.07) is 2.37. The van der Waals surface area contributed by atoms with Gasteiger partial charge in [0.05, 0.1) is 5.16 Å². The van der Waals surface area contributed by atoms with Gasteiger partial charge in [0.2, 0.25) is 0 Å². The van der Waals surface area contributed by atoms with Gasteiger partial charge in [0.1, 0.15) is 5.69 Å². The van der Waals surface area contributed by atoms with E-state index in [1.807, 2.05) is 5.16 Å². The van der Waals surface area contributed by atoms with E-state index in [1.165, 1.54) is 37.8 Å². The molecule has 0 aliphatic heterocycles. The lowest BCUT2D eigenvalue weighted by Crippen LogP contribution is -2.22. The third-order valence-electron chi connectivity index (χ3n) is 5.81. The van der Waals surface area contributed by atoms with Crippen molar-refractivity contribution < 1.29 is 8.78 Å². The molecule has 1 aromatic carbocycles. The van der Waals surface area contributed by atoms with Crippen molar-refractivity contribution in [2.24, 2.45) is 22.7 Å². The summed E-state index contributed by atoms with van der Waals surface area (Å²) in [6.07, 6.45) is 12.6.